The second kappa shape index (κ2) is 7.80. The first-order valence-electron chi connectivity index (χ1n) is 9.06. The van der Waals surface area contributed by atoms with Gasteiger partial charge in [-0.25, -0.2) is 4.68 Å². The Bertz CT molecular complexity index is 961. The van der Waals surface area contributed by atoms with Crippen molar-refractivity contribution in [1.29, 1.82) is 0 Å². The van der Waals surface area contributed by atoms with Crippen LogP contribution in [0.25, 0.3) is 5.69 Å². The number of halogens is 1. The van der Waals surface area contributed by atoms with Crippen LogP contribution in [0.3, 0.4) is 0 Å². The molecule has 1 aromatic carbocycles. The molecule has 0 aliphatic carbocycles. The Hall–Kier alpha value is -2.22. The van der Waals surface area contributed by atoms with E-state index in [0.29, 0.717) is 4.47 Å². The summed E-state index contributed by atoms with van der Waals surface area (Å²) in [4.78, 5) is 19.7. The molecule has 1 N–H and O–H groups in total. The number of pyridine rings is 1. The normalized spacial score (nSPS) is 16.4. The summed E-state index contributed by atoms with van der Waals surface area (Å²) in [7, 11) is 1.95. The molecular formula is C20H22BrN5O. The lowest BCUT2D eigenvalue weighted by molar-refractivity contribution is 0.191. The molecule has 0 radical (unpaired) electrons. The molecule has 1 aliphatic heterocycles. The van der Waals surface area contributed by atoms with Crippen molar-refractivity contribution in [2.24, 2.45) is 7.05 Å². The van der Waals surface area contributed by atoms with Gasteiger partial charge in [-0.15, -0.1) is 0 Å². The maximum atomic E-state index is 13.1. The van der Waals surface area contributed by atoms with E-state index in [1.807, 2.05) is 66.6 Å². The van der Waals surface area contributed by atoms with Crippen LogP contribution < -0.4 is 10.9 Å². The van der Waals surface area contributed by atoms with E-state index < -0.39 is 0 Å². The van der Waals surface area contributed by atoms with Gasteiger partial charge in [0.1, 0.15) is 4.47 Å². The number of nitrogens with zero attached hydrogens (tertiary/aromatic N) is 4. The predicted molar refractivity (Wildman–Crippen MR) is 109 cm³/mol. The first kappa shape index (κ1) is 18.2. The number of hydrogen-bond donors (Lipinski definition) is 1. The van der Waals surface area contributed by atoms with E-state index in [1.54, 1.807) is 4.68 Å². The van der Waals surface area contributed by atoms with Gasteiger partial charge in [0, 0.05) is 45.6 Å². The molecule has 4 rings (SSSR count). The monoisotopic (exact) mass is 427 g/mol. The highest BCUT2D eigenvalue weighted by molar-refractivity contribution is 9.10. The molecule has 3 aromatic rings. The number of para-hydroxylation sites is 1. The molecule has 27 heavy (non-hydrogen) atoms. The molecule has 0 saturated carbocycles. The summed E-state index contributed by atoms with van der Waals surface area (Å²) in [6.45, 7) is 3.72. The molecule has 3 heterocycles. The van der Waals surface area contributed by atoms with Crippen LogP contribution in [0.5, 0.6) is 0 Å². The van der Waals surface area contributed by atoms with E-state index in [2.05, 4.69) is 31.1 Å². The highest BCUT2D eigenvalue weighted by Gasteiger charge is 2.31. The average Bonchev–Trinajstić information content (AvgIpc) is 2.94. The summed E-state index contributed by atoms with van der Waals surface area (Å²) in [5.74, 6) is 0. The predicted octanol–water partition coefficient (Wildman–Crippen LogP) is 2.33. The molecule has 1 atom stereocenters. The summed E-state index contributed by atoms with van der Waals surface area (Å²) >= 11 is 3.60. The molecule has 7 heteroatoms. The summed E-state index contributed by atoms with van der Waals surface area (Å²) in [6.07, 6.45) is 3.62. The van der Waals surface area contributed by atoms with E-state index in [1.165, 1.54) is 0 Å². The highest BCUT2D eigenvalue weighted by Crippen LogP contribution is 2.32. The van der Waals surface area contributed by atoms with Crippen LogP contribution in [-0.4, -0.2) is 45.4 Å². The quantitative estimate of drug-likeness (QED) is 0.693. The number of benzene rings is 1. The summed E-state index contributed by atoms with van der Waals surface area (Å²) in [6, 6.07) is 13.8. The van der Waals surface area contributed by atoms with Gasteiger partial charge in [-0.3, -0.25) is 19.4 Å². The van der Waals surface area contributed by atoms with Crippen molar-refractivity contribution >= 4 is 15.9 Å². The summed E-state index contributed by atoms with van der Waals surface area (Å²) in [5.41, 5.74) is 2.89. The van der Waals surface area contributed by atoms with Crippen LogP contribution >= 0.6 is 15.9 Å². The van der Waals surface area contributed by atoms with E-state index >= 15 is 0 Å². The van der Waals surface area contributed by atoms with Gasteiger partial charge in [0.2, 0.25) is 0 Å². The van der Waals surface area contributed by atoms with E-state index in [-0.39, 0.29) is 11.6 Å². The van der Waals surface area contributed by atoms with Crippen LogP contribution in [0.1, 0.15) is 17.3 Å². The Morgan fingerprint density at radius 3 is 2.41 bits per heavy atom. The zero-order chi connectivity index (χ0) is 18.8. The third kappa shape index (κ3) is 3.38. The van der Waals surface area contributed by atoms with Gasteiger partial charge >= 0.3 is 0 Å². The first-order valence-corrected chi connectivity index (χ1v) is 9.85. The number of hydrogen-bond acceptors (Lipinski definition) is 4. The van der Waals surface area contributed by atoms with Crippen molar-refractivity contribution in [3.05, 3.63) is 80.9 Å². The maximum Gasteiger partial charge on any atom is 0.286 e. The molecule has 0 spiro atoms. The fourth-order valence-corrected chi connectivity index (χ4v) is 4.41. The molecule has 0 amide bonds. The number of piperazine rings is 1. The minimum atomic E-state index is -0.0482. The first-order chi connectivity index (χ1) is 13.2. The minimum Gasteiger partial charge on any atom is -0.314 e. The van der Waals surface area contributed by atoms with Crippen molar-refractivity contribution in [2.45, 2.75) is 6.04 Å². The van der Waals surface area contributed by atoms with Crippen LogP contribution in [0.15, 0.2) is 64.1 Å². The van der Waals surface area contributed by atoms with Crippen LogP contribution in [0.2, 0.25) is 0 Å². The molecule has 6 nitrogen and oxygen atoms in total. The Balaban J connectivity index is 1.89. The molecule has 1 fully saturated rings. The van der Waals surface area contributed by atoms with Gasteiger partial charge in [-0.05, 0) is 45.8 Å². The van der Waals surface area contributed by atoms with E-state index in [0.717, 1.165) is 43.1 Å². The van der Waals surface area contributed by atoms with Crippen molar-refractivity contribution in [3.8, 4) is 5.69 Å². The molecule has 1 unspecified atom stereocenters. The molecule has 2 aromatic heterocycles. The van der Waals surface area contributed by atoms with Gasteiger partial charge in [0.15, 0.2) is 0 Å². The lowest BCUT2D eigenvalue weighted by atomic mass is 10.0. The summed E-state index contributed by atoms with van der Waals surface area (Å²) < 4.78 is 4.29. The van der Waals surface area contributed by atoms with Crippen molar-refractivity contribution in [3.63, 3.8) is 0 Å². The Labute approximate surface area is 166 Å². The molecule has 1 aliphatic rings. The number of nitrogens with one attached hydrogen (secondary N) is 1. The zero-order valence-electron chi connectivity index (χ0n) is 15.2. The second-order valence-corrected chi connectivity index (χ2v) is 7.44. The fourth-order valence-electron chi connectivity index (χ4n) is 3.77. The molecule has 0 bridgehead atoms. The average molecular weight is 428 g/mol. The topological polar surface area (TPSA) is 55.1 Å². The Kier molecular flexibility index (Phi) is 5.24. The number of aromatic nitrogens is 3. The zero-order valence-corrected chi connectivity index (χ0v) is 16.8. The van der Waals surface area contributed by atoms with Crippen LogP contribution in [0.4, 0.5) is 0 Å². The third-order valence-electron chi connectivity index (χ3n) is 5.05. The van der Waals surface area contributed by atoms with Gasteiger partial charge in [-0.2, -0.15) is 0 Å². The smallest absolute Gasteiger partial charge is 0.286 e. The lowest BCUT2D eigenvalue weighted by Gasteiger charge is -2.35. The molecular weight excluding hydrogens is 406 g/mol. The largest absolute Gasteiger partial charge is 0.314 e. The third-order valence-corrected chi connectivity index (χ3v) is 5.80. The maximum absolute atomic E-state index is 13.1. The van der Waals surface area contributed by atoms with Crippen LogP contribution in [-0.2, 0) is 7.05 Å². The minimum absolute atomic E-state index is 0.0212. The van der Waals surface area contributed by atoms with E-state index in [4.69, 9.17) is 0 Å². The Morgan fingerprint density at radius 1 is 1.07 bits per heavy atom. The molecule has 140 valence electrons. The Morgan fingerprint density at radius 2 is 1.74 bits per heavy atom. The summed E-state index contributed by atoms with van der Waals surface area (Å²) in [5, 5.41) is 3.40. The van der Waals surface area contributed by atoms with Crippen molar-refractivity contribution < 1.29 is 0 Å². The number of rotatable bonds is 4. The van der Waals surface area contributed by atoms with Crippen LogP contribution in [0, 0.1) is 0 Å². The SMILES string of the molecule is Cn1c(C(c2ccncc2)N2CCNCC2)c(Br)c(=O)n1-c1ccccc1. The van der Waals surface area contributed by atoms with Gasteiger partial charge in [-0.1, -0.05) is 18.2 Å². The van der Waals surface area contributed by atoms with Gasteiger partial charge < -0.3 is 5.32 Å². The van der Waals surface area contributed by atoms with Crippen molar-refractivity contribution in [1.82, 2.24) is 24.6 Å². The highest BCUT2D eigenvalue weighted by atomic mass is 79.9. The van der Waals surface area contributed by atoms with E-state index in [9.17, 15) is 4.79 Å². The second-order valence-electron chi connectivity index (χ2n) is 6.64. The lowest BCUT2D eigenvalue weighted by Crippen LogP contribution is -2.46. The van der Waals surface area contributed by atoms with Gasteiger partial charge in [0.05, 0.1) is 17.4 Å². The fraction of sp³-hybridized carbons (Fsp3) is 0.300. The molecule has 1 saturated heterocycles. The standard InChI is InChI=1S/C20H22BrN5O/c1-24-19(17(21)20(27)26(24)16-5-3-2-4-6-16)18(15-7-9-22-10-8-15)25-13-11-23-12-14-25/h2-10,18,23H,11-14H2,1H3. The van der Waals surface area contributed by atoms with Gasteiger partial charge in [0.25, 0.3) is 5.56 Å². The van der Waals surface area contributed by atoms with Crippen molar-refractivity contribution in [2.75, 3.05) is 26.2 Å².